The van der Waals surface area contributed by atoms with E-state index in [1.165, 1.54) is 5.69 Å². The normalized spacial score (nSPS) is 13.4. The summed E-state index contributed by atoms with van der Waals surface area (Å²) >= 11 is 0. The molecule has 1 unspecified atom stereocenters. The van der Waals surface area contributed by atoms with E-state index in [4.69, 9.17) is 5.11 Å². The van der Waals surface area contributed by atoms with E-state index in [1.54, 1.807) is 0 Å². The smallest absolute Gasteiger partial charge is 0.0524 e. The predicted molar refractivity (Wildman–Crippen MR) is 60.7 cm³/mol. The molecule has 0 aliphatic heterocycles. The van der Waals surface area contributed by atoms with Gasteiger partial charge >= 0.3 is 0 Å². The fourth-order valence-electron chi connectivity index (χ4n) is 1.47. The minimum absolute atomic E-state index is 0.204. The van der Waals surface area contributed by atoms with Crippen LogP contribution in [0, 0.1) is 0 Å². The summed E-state index contributed by atoms with van der Waals surface area (Å²) in [5.74, 6) is 0. The molecule has 0 saturated heterocycles. The van der Waals surface area contributed by atoms with E-state index in [-0.39, 0.29) is 6.10 Å². The number of aliphatic hydroxyl groups is 1. The molecule has 0 radical (unpaired) electrons. The van der Waals surface area contributed by atoms with E-state index in [0.29, 0.717) is 0 Å². The van der Waals surface area contributed by atoms with Gasteiger partial charge < -0.3 is 10.0 Å². The SMILES string of the molecule is CC(O)CCN(C)CCc1ccnn1C. The number of aryl methyl sites for hydroxylation is 1. The van der Waals surface area contributed by atoms with E-state index >= 15 is 0 Å². The minimum atomic E-state index is -0.204. The molecule has 1 rings (SSSR count). The van der Waals surface area contributed by atoms with Crippen LogP contribution < -0.4 is 0 Å². The maximum absolute atomic E-state index is 9.16. The number of rotatable bonds is 6. The van der Waals surface area contributed by atoms with Gasteiger partial charge in [0.05, 0.1) is 6.10 Å². The Balaban J connectivity index is 2.22. The third-order valence-corrected chi connectivity index (χ3v) is 2.60. The summed E-state index contributed by atoms with van der Waals surface area (Å²) in [5.41, 5.74) is 1.25. The van der Waals surface area contributed by atoms with Crippen LogP contribution in [0.2, 0.25) is 0 Å². The third kappa shape index (κ3) is 4.44. The Kier molecular flexibility index (Phi) is 4.78. The van der Waals surface area contributed by atoms with Crippen molar-refractivity contribution in [3.05, 3.63) is 18.0 Å². The molecule has 1 heterocycles. The van der Waals surface area contributed by atoms with Crippen molar-refractivity contribution in [1.29, 1.82) is 0 Å². The lowest BCUT2D eigenvalue weighted by Gasteiger charge is -2.17. The van der Waals surface area contributed by atoms with Crippen LogP contribution in [0.1, 0.15) is 19.0 Å². The Morgan fingerprint density at radius 1 is 1.53 bits per heavy atom. The monoisotopic (exact) mass is 211 g/mol. The van der Waals surface area contributed by atoms with Gasteiger partial charge in [0.15, 0.2) is 0 Å². The molecule has 1 N–H and O–H groups in total. The Bertz CT molecular complexity index is 283. The van der Waals surface area contributed by atoms with Crippen molar-refractivity contribution in [3.63, 3.8) is 0 Å². The van der Waals surface area contributed by atoms with Gasteiger partial charge in [0.25, 0.3) is 0 Å². The standard InChI is InChI=1S/C11H21N3O/c1-10(15)5-8-13(2)9-6-11-4-7-12-14(11)3/h4,7,10,15H,5-6,8-9H2,1-3H3. The summed E-state index contributed by atoms with van der Waals surface area (Å²) < 4.78 is 1.91. The topological polar surface area (TPSA) is 41.3 Å². The second kappa shape index (κ2) is 5.88. The molecular formula is C11H21N3O. The van der Waals surface area contributed by atoms with E-state index < -0.39 is 0 Å². The van der Waals surface area contributed by atoms with Crippen molar-refractivity contribution in [1.82, 2.24) is 14.7 Å². The van der Waals surface area contributed by atoms with Crippen molar-refractivity contribution < 1.29 is 5.11 Å². The fourth-order valence-corrected chi connectivity index (χ4v) is 1.47. The molecule has 0 aliphatic rings. The number of aliphatic hydroxyl groups excluding tert-OH is 1. The summed E-state index contributed by atoms with van der Waals surface area (Å²) in [6, 6.07) is 2.04. The summed E-state index contributed by atoms with van der Waals surface area (Å²) in [4.78, 5) is 2.24. The van der Waals surface area contributed by atoms with Crippen molar-refractivity contribution >= 4 is 0 Å². The molecule has 0 saturated carbocycles. The fraction of sp³-hybridized carbons (Fsp3) is 0.727. The molecule has 0 aliphatic carbocycles. The molecule has 4 nitrogen and oxygen atoms in total. The largest absolute Gasteiger partial charge is 0.393 e. The number of nitrogens with zero attached hydrogens (tertiary/aromatic N) is 3. The van der Waals surface area contributed by atoms with Crippen LogP contribution in [0.5, 0.6) is 0 Å². The Hall–Kier alpha value is -0.870. The van der Waals surface area contributed by atoms with E-state index in [9.17, 15) is 0 Å². The number of likely N-dealkylation sites (N-methyl/N-ethyl adjacent to an activating group) is 1. The van der Waals surface area contributed by atoms with Gasteiger partial charge in [-0.05, 0) is 26.5 Å². The molecule has 0 amide bonds. The summed E-state index contributed by atoms with van der Waals surface area (Å²) in [5, 5.41) is 13.3. The van der Waals surface area contributed by atoms with Gasteiger partial charge in [-0.2, -0.15) is 5.10 Å². The molecule has 0 spiro atoms. The molecule has 0 aromatic carbocycles. The average Bonchev–Trinajstić information content (AvgIpc) is 2.58. The Labute approximate surface area is 91.5 Å². The highest BCUT2D eigenvalue weighted by atomic mass is 16.3. The lowest BCUT2D eigenvalue weighted by molar-refractivity contribution is 0.164. The van der Waals surface area contributed by atoms with Crippen molar-refractivity contribution in [2.45, 2.75) is 25.9 Å². The molecule has 0 bridgehead atoms. The Morgan fingerprint density at radius 2 is 2.27 bits per heavy atom. The quantitative estimate of drug-likeness (QED) is 0.752. The average molecular weight is 211 g/mol. The highest BCUT2D eigenvalue weighted by Gasteiger charge is 2.03. The lowest BCUT2D eigenvalue weighted by atomic mass is 10.2. The molecule has 1 aromatic heterocycles. The second-order valence-electron chi connectivity index (χ2n) is 4.14. The van der Waals surface area contributed by atoms with Crippen LogP contribution in [-0.2, 0) is 13.5 Å². The highest BCUT2D eigenvalue weighted by molar-refractivity contribution is 5.00. The van der Waals surface area contributed by atoms with Crippen LogP contribution in [0.4, 0.5) is 0 Å². The molecule has 1 atom stereocenters. The van der Waals surface area contributed by atoms with Crippen LogP contribution >= 0.6 is 0 Å². The third-order valence-electron chi connectivity index (χ3n) is 2.60. The van der Waals surface area contributed by atoms with Crippen LogP contribution in [0.25, 0.3) is 0 Å². The van der Waals surface area contributed by atoms with E-state index in [0.717, 1.165) is 25.9 Å². The van der Waals surface area contributed by atoms with Crippen LogP contribution in [0.15, 0.2) is 12.3 Å². The molecule has 0 fully saturated rings. The molecule has 4 heteroatoms. The summed E-state index contributed by atoms with van der Waals surface area (Å²) in [6.07, 6.45) is 3.46. The van der Waals surface area contributed by atoms with Gasteiger partial charge in [0, 0.05) is 38.4 Å². The van der Waals surface area contributed by atoms with Gasteiger partial charge in [0.2, 0.25) is 0 Å². The molecule has 1 aromatic rings. The van der Waals surface area contributed by atoms with Crippen LogP contribution in [-0.4, -0.2) is 46.0 Å². The first-order valence-corrected chi connectivity index (χ1v) is 5.43. The van der Waals surface area contributed by atoms with Gasteiger partial charge in [0.1, 0.15) is 0 Å². The number of aromatic nitrogens is 2. The zero-order chi connectivity index (χ0) is 11.3. The minimum Gasteiger partial charge on any atom is -0.393 e. The molecule has 86 valence electrons. The summed E-state index contributed by atoms with van der Waals surface area (Å²) in [6.45, 7) is 3.77. The lowest BCUT2D eigenvalue weighted by Crippen LogP contribution is -2.25. The van der Waals surface area contributed by atoms with Gasteiger partial charge in [-0.1, -0.05) is 0 Å². The molecule has 15 heavy (non-hydrogen) atoms. The van der Waals surface area contributed by atoms with Gasteiger partial charge in [-0.15, -0.1) is 0 Å². The van der Waals surface area contributed by atoms with Gasteiger partial charge in [-0.3, -0.25) is 4.68 Å². The maximum Gasteiger partial charge on any atom is 0.0524 e. The van der Waals surface area contributed by atoms with Gasteiger partial charge in [-0.25, -0.2) is 0 Å². The van der Waals surface area contributed by atoms with Crippen molar-refractivity contribution in [2.24, 2.45) is 7.05 Å². The summed E-state index contributed by atoms with van der Waals surface area (Å²) in [7, 11) is 4.05. The zero-order valence-corrected chi connectivity index (χ0v) is 9.85. The first-order chi connectivity index (χ1) is 7.09. The number of hydrogen-bond acceptors (Lipinski definition) is 3. The maximum atomic E-state index is 9.16. The zero-order valence-electron chi connectivity index (χ0n) is 9.85. The van der Waals surface area contributed by atoms with Crippen LogP contribution in [0.3, 0.4) is 0 Å². The Morgan fingerprint density at radius 3 is 2.80 bits per heavy atom. The first-order valence-electron chi connectivity index (χ1n) is 5.43. The van der Waals surface area contributed by atoms with E-state index in [1.807, 2.05) is 30.9 Å². The first kappa shape index (κ1) is 12.2. The molecular weight excluding hydrogens is 190 g/mol. The van der Waals surface area contributed by atoms with E-state index in [2.05, 4.69) is 17.0 Å². The van der Waals surface area contributed by atoms with Crippen molar-refractivity contribution in [3.8, 4) is 0 Å². The van der Waals surface area contributed by atoms with Crippen molar-refractivity contribution in [2.75, 3.05) is 20.1 Å². The highest BCUT2D eigenvalue weighted by Crippen LogP contribution is 2.00. The predicted octanol–water partition coefficient (Wildman–Crippen LogP) is 0.665. The number of hydrogen-bond donors (Lipinski definition) is 1. The second-order valence-corrected chi connectivity index (χ2v) is 4.14.